The molecule has 0 atom stereocenters. The van der Waals surface area contributed by atoms with E-state index in [9.17, 15) is 9.90 Å². The van der Waals surface area contributed by atoms with Gasteiger partial charge in [0.2, 0.25) is 0 Å². The maximum Gasteiger partial charge on any atom is 0.265 e. The third-order valence-corrected chi connectivity index (χ3v) is 6.34. The molecule has 1 aromatic carbocycles. The number of carbonyl (C=O) groups excluding carboxylic acids is 1. The summed E-state index contributed by atoms with van der Waals surface area (Å²) in [5.41, 5.74) is 0. The molecule has 0 aliphatic heterocycles. The van der Waals surface area contributed by atoms with E-state index in [2.05, 4.69) is 0 Å². The molecule has 1 aromatic heterocycles. The zero-order valence-electron chi connectivity index (χ0n) is 12.6. The number of hydrogen-bond acceptors (Lipinski definition) is 3. The lowest BCUT2D eigenvalue weighted by Gasteiger charge is -2.34. The highest BCUT2D eigenvalue weighted by Gasteiger charge is 2.28. The van der Waals surface area contributed by atoms with Gasteiger partial charge in [-0.05, 0) is 37.7 Å². The average Bonchev–Trinajstić information content (AvgIpc) is 2.91. The van der Waals surface area contributed by atoms with E-state index in [1.54, 1.807) is 0 Å². The number of hydrogen-bond donors (Lipinski definition) is 1. The van der Waals surface area contributed by atoms with Gasteiger partial charge in [0.25, 0.3) is 5.91 Å². The second-order valence-corrected chi connectivity index (χ2v) is 7.44. The Morgan fingerprint density at radius 1 is 1.32 bits per heavy atom. The van der Waals surface area contributed by atoms with Crippen LogP contribution in [0.25, 0.3) is 10.1 Å². The Morgan fingerprint density at radius 3 is 2.64 bits per heavy atom. The summed E-state index contributed by atoms with van der Waals surface area (Å²) in [6.07, 6.45) is 3.88. The quantitative estimate of drug-likeness (QED) is 0.912. The average molecular weight is 338 g/mol. The second-order valence-electron chi connectivity index (χ2n) is 6.01. The van der Waals surface area contributed by atoms with E-state index in [1.807, 2.05) is 36.2 Å². The fraction of sp³-hybridized carbons (Fsp3) is 0.471. The van der Waals surface area contributed by atoms with Crippen LogP contribution in [0.1, 0.15) is 35.4 Å². The van der Waals surface area contributed by atoms with Crippen LogP contribution in [0, 0.1) is 5.92 Å². The smallest absolute Gasteiger partial charge is 0.265 e. The molecule has 0 unspecified atom stereocenters. The van der Waals surface area contributed by atoms with Crippen molar-refractivity contribution in [1.82, 2.24) is 4.90 Å². The van der Waals surface area contributed by atoms with Crippen molar-refractivity contribution in [3.8, 4) is 0 Å². The number of aliphatic hydroxyl groups is 1. The lowest BCUT2D eigenvalue weighted by molar-refractivity contribution is 0.0658. The highest BCUT2D eigenvalue weighted by molar-refractivity contribution is 7.21. The highest BCUT2D eigenvalue weighted by Crippen LogP contribution is 2.37. The van der Waals surface area contributed by atoms with Gasteiger partial charge in [-0.3, -0.25) is 4.79 Å². The molecule has 5 heteroatoms. The Kier molecular flexibility index (Phi) is 4.71. The summed E-state index contributed by atoms with van der Waals surface area (Å²) in [5.74, 6) is 0.409. The third-order valence-electron chi connectivity index (χ3n) is 4.67. The lowest BCUT2D eigenvalue weighted by atomic mass is 9.86. The van der Waals surface area contributed by atoms with Crippen molar-refractivity contribution < 1.29 is 9.90 Å². The first-order valence-corrected chi connectivity index (χ1v) is 8.86. The molecule has 0 bridgehead atoms. The van der Waals surface area contributed by atoms with Gasteiger partial charge in [-0.25, -0.2) is 0 Å². The fourth-order valence-corrected chi connectivity index (χ4v) is 4.69. The maximum atomic E-state index is 12.8. The van der Waals surface area contributed by atoms with Crippen LogP contribution in [0.4, 0.5) is 0 Å². The molecule has 1 aliphatic carbocycles. The molecule has 3 rings (SSSR count). The van der Waals surface area contributed by atoms with Gasteiger partial charge in [0.1, 0.15) is 4.88 Å². The molecule has 0 radical (unpaired) electrons. The predicted octanol–water partition coefficient (Wildman–Crippen LogP) is 4.18. The zero-order valence-corrected chi connectivity index (χ0v) is 14.2. The Balaban J connectivity index is 1.79. The molecule has 2 aromatic rings. The summed E-state index contributed by atoms with van der Waals surface area (Å²) in [4.78, 5) is 15.3. The number of rotatable bonds is 3. The Bertz CT molecular complexity index is 676. The molecular weight excluding hydrogens is 318 g/mol. The van der Waals surface area contributed by atoms with Crippen molar-refractivity contribution in [2.75, 3.05) is 13.7 Å². The zero-order chi connectivity index (χ0) is 15.7. The topological polar surface area (TPSA) is 40.5 Å². The molecule has 1 aliphatic rings. The van der Waals surface area contributed by atoms with E-state index in [0.29, 0.717) is 15.8 Å². The number of carbonyl (C=O) groups is 1. The SMILES string of the molecule is CN(C(=O)c1sc2ccccc2c1Cl)C1CCC(CO)CC1. The summed E-state index contributed by atoms with van der Waals surface area (Å²) < 4.78 is 1.05. The van der Waals surface area contributed by atoms with Crippen LogP contribution in [0.3, 0.4) is 0 Å². The molecule has 1 heterocycles. The number of nitrogens with zero attached hydrogens (tertiary/aromatic N) is 1. The molecule has 22 heavy (non-hydrogen) atoms. The summed E-state index contributed by atoms with van der Waals surface area (Å²) in [7, 11) is 1.87. The van der Waals surface area contributed by atoms with Crippen molar-refractivity contribution in [3.63, 3.8) is 0 Å². The van der Waals surface area contributed by atoms with Gasteiger partial charge < -0.3 is 10.0 Å². The monoisotopic (exact) mass is 337 g/mol. The van der Waals surface area contributed by atoms with Gasteiger partial charge in [0.15, 0.2) is 0 Å². The number of amides is 1. The minimum atomic E-state index is 0.0126. The molecule has 1 N–H and O–H groups in total. The molecular formula is C17H20ClNO2S. The molecule has 3 nitrogen and oxygen atoms in total. The van der Waals surface area contributed by atoms with Gasteiger partial charge in [-0.1, -0.05) is 29.8 Å². The van der Waals surface area contributed by atoms with Gasteiger partial charge in [0.05, 0.1) is 5.02 Å². The number of benzene rings is 1. The molecule has 1 fully saturated rings. The van der Waals surface area contributed by atoms with Crippen LogP contribution >= 0.6 is 22.9 Å². The lowest BCUT2D eigenvalue weighted by Crippen LogP contribution is -2.39. The Labute approximate surface area is 139 Å². The molecule has 1 saturated carbocycles. The number of aliphatic hydroxyl groups excluding tert-OH is 1. The van der Waals surface area contributed by atoms with Crippen LogP contribution < -0.4 is 0 Å². The maximum absolute atomic E-state index is 12.8. The van der Waals surface area contributed by atoms with Crippen molar-refractivity contribution in [1.29, 1.82) is 0 Å². The van der Waals surface area contributed by atoms with Gasteiger partial charge in [0, 0.05) is 29.8 Å². The number of halogens is 1. The van der Waals surface area contributed by atoms with Crippen LogP contribution in [0.5, 0.6) is 0 Å². The Hall–Kier alpha value is -1.10. The minimum absolute atomic E-state index is 0.0126. The van der Waals surface area contributed by atoms with E-state index in [4.69, 9.17) is 11.6 Å². The van der Waals surface area contributed by atoms with E-state index in [1.165, 1.54) is 11.3 Å². The van der Waals surface area contributed by atoms with Crippen LogP contribution in [-0.2, 0) is 0 Å². The molecule has 1 amide bonds. The predicted molar refractivity (Wildman–Crippen MR) is 91.8 cm³/mol. The Morgan fingerprint density at radius 2 is 2.00 bits per heavy atom. The number of fused-ring (bicyclic) bond motifs is 1. The van der Waals surface area contributed by atoms with Gasteiger partial charge >= 0.3 is 0 Å². The van der Waals surface area contributed by atoms with E-state index < -0.39 is 0 Å². The van der Waals surface area contributed by atoms with E-state index >= 15 is 0 Å². The molecule has 118 valence electrons. The van der Waals surface area contributed by atoms with Crippen molar-refractivity contribution in [2.24, 2.45) is 5.92 Å². The van der Waals surface area contributed by atoms with Crippen LogP contribution in [0.15, 0.2) is 24.3 Å². The van der Waals surface area contributed by atoms with Crippen LogP contribution in [-0.4, -0.2) is 35.6 Å². The molecule has 0 spiro atoms. The van der Waals surface area contributed by atoms with E-state index in [-0.39, 0.29) is 18.6 Å². The summed E-state index contributed by atoms with van der Waals surface area (Å²) >= 11 is 7.88. The first-order chi connectivity index (χ1) is 10.6. The standard InChI is InChI=1S/C17H20ClNO2S/c1-19(12-8-6-11(10-20)7-9-12)17(21)16-15(18)13-4-2-3-5-14(13)22-16/h2-5,11-12,20H,6-10H2,1H3. The third kappa shape index (κ3) is 2.87. The fourth-order valence-electron chi connectivity index (χ4n) is 3.19. The second kappa shape index (κ2) is 6.57. The summed E-state index contributed by atoms with van der Waals surface area (Å²) in [5, 5.41) is 10.7. The van der Waals surface area contributed by atoms with Crippen molar-refractivity contribution in [3.05, 3.63) is 34.2 Å². The highest BCUT2D eigenvalue weighted by atomic mass is 35.5. The van der Waals surface area contributed by atoms with Crippen molar-refractivity contribution in [2.45, 2.75) is 31.7 Å². The van der Waals surface area contributed by atoms with Crippen LogP contribution in [0.2, 0.25) is 5.02 Å². The first kappa shape index (κ1) is 15.8. The largest absolute Gasteiger partial charge is 0.396 e. The van der Waals surface area contributed by atoms with Gasteiger partial charge in [-0.2, -0.15) is 0 Å². The minimum Gasteiger partial charge on any atom is -0.396 e. The first-order valence-electron chi connectivity index (χ1n) is 7.67. The molecule has 0 saturated heterocycles. The summed E-state index contributed by atoms with van der Waals surface area (Å²) in [6.45, 7) is 0.256. The van der Waals surface area contributed by atoms with Gasteiger partial charge in [-0.15, -0.1) is 11.3 Å². The van der Waals surface area contributed by atoms with E-state index in [0.717, 1.165) is 35.8 Å². The van der Waals surface area contributed by atoms with Crippen molar-refractivity contribution >= 4 is 38.9 Å². The number of thiophene rings is 1. The normalized spacial score (nSPS) is 22.0. The summed E-state index contributed by atoms with van der Waals surface area (Å²) in [6, 6.07) is 8.10.